The number of hydrogen-bond acceptors (Lipinski definition) is 5. The molecule has 2 aliphatic rings. The molecule has 1 aliphatic heterocycles. The number of rotatable bonds is 4. The molecule has 0 radical (unpaired) electrons. The van der Waals surface area contributed by atoms with E-state index in [9.17, 15) is 19.7 Å². The Hall–Kier alpha value is -2.93. The molecule has 6 nitrogen and oxygen atoms in total. The Morgan fingerprint density at radius 3 is 2.48 bits per heavy atom. The molecule has 1 amide bonds. The quantitative estimate of drug-likeness (QED) is 0.411. The molecule has 0 fully saturated rings. The summed E-state index contributed by atoms with van der Waals surface area (Å²) >= 11 is 1.63. The fourth-order valence-electron chi connectivity index (χ4n) is 4.20. The van der Waals surface area contributed by atoms with Gasteiger partial charge in [-0.25, -0.2) is 0 Å². The van der Waals surface area contributed by atoms with Gasteiger partial charge >= 0.3 is 0 Å². The van der Waals surface area contributed by atoms with Crippen molar-refractivity contribution >= 4 is 34.8 Å². The van der Waals surface area contributed by atoms with Gasteiger partial charge in [0.1, 0.15) is 5.69 Å². The maximum absolute atomic E-state index is 13.2. The number of ketones is 1. The number of allylic oxidation sites excluding steroid dienone is 2. The van der Waals surface area contributed by atoms with E-state index in [2.05, 4.69) is 0 Å². The van der Waals surface area contributed by atoms with Crippen molar-refractivity contribution in [2.45, 2.75) is 36.5 Å². The van der Waals surface area contributed by atoms with Crippen LogP contribution in [-0.4, -0.2) is 22.9 Å². The highest BCUT2D eigenvalue weighted by Gasteiger charge is 2.41. The number of nitro benzene ring substituents is 1. The Morgan fingerprint density at radius 1 is 1.07 bits per heavy atom. The molecule has 1 unspecified atom stereocenters. The monoisotopic (exact) mass is 408 g/mol. The highest BCUT2D eigenvalue weighted by molar-refractivity contribution is 7.98. The van der Waals surface area contributed by atoms with Crippen LogP contribution < -0.4 is 4.90 Å². The first kappa shape index (κ1) is 19.4. The lowest BCUT2D eigenvalue weighted by Gasteiger charge is -2.38. The molecule has 0 saturated carbocycles. The highest BCUT2D eigenvalue weighted by atomic mass is 32.2. The minimum Gasteiger partial charge on any atom is -0.294 e. The molecule has 0 N–H and O–H groups in total. The summed E-state index contributed by atoms with van der Waals surface area (Å²) in [4.78, 5) is 39.7. The average Bonchev–Trinajstić information content (AvgIpc) is 2.73. The molecule has 0 aromatic heterocycles. The summed E-state index contributed by atoms with van der Waals surface area (Å²) in [6.45, 7) is 0. The van der Waals surface area contributed by atoms with Crippen molar-refractivity contribution in [1.82, 2.24) is 0 Å². The summed E-state index contributed by atoms with van der Waals surface area (Å²) in [5, 5.41) is 11.5. The summed E-state index contributed by atoms with van der Waals surface area (Å²) < 4.78 is 0. The number of nitrogens with zero attached hydrogens (tertiary/aromatic N) is 2. The molecule has 4 rings (SSSR count). The van der Waals surface area contributed by atoms with Crippen molar-refractivity contribution in [2.75, 3.05) is 11.2 Å². The zero-order valence-corrected chi connectivity index (χ0v) is 16.8. The first-order valence-electron chi connectivity index (χ1n) is 9.48. The Kier molecular flexibility index (Phi) is 5.24. The van der Waals surface area contributed by atoms with Crippen LogP contribution in [0.1, 0.15) is 37.2 Å². The van der Waals surface area contributed by atoms with Gasteiger partial charge in [-0.05, 0) is 42.9 Å². The second-order valence-corrected chi connectivity index (χ2v) is 8.02. The van der Waals surface area contributed by atoms with Gasteiger partial charge in [0, 0.05) is 41.0 Å². The van der Waals surface area contributed by atoms with E-state index < -0.39 is 4.92 Å². The Morgan fingerprint density at radius 2 is 1.79 bits per heavy atom. The maximum atomic E-state index is 13.2. The summed E-state index contributed by atoms with van der Waals surface area (Å²) in [5.74, 6) is -0.492. The number of amides is 1. The van der Waals surface area contributed by atoms with Crippen molar-refractivity contribution in [3.63, 3.8) is 0 Å². The number of anilines is 1. The van der Waals surface area contributed by atoms with Crippen molar-refractivity contribution in [3.05, 3.63) is 75.5 Å². The molecule has 0 saturated heterocycles. The van der Waals surface area contributed by atoms with Crippen LogP contribution in [0.25, 0.3) is 0 Å². The molecule has 1 atom stereocenters. The molecule has 1 heterocycles. The van der Waals surface area contributed by atoms with E-state index in [0.29, 0.717) is 30.5 Å². The van der Waals surface area contributed by atoms with Crippen molar-refractivity contribution in [3.8, 4) is 0 Å². The number of carbonyl (C=O) groups is 2. The lowest BCUT2D eigenvalue weighted by molar-refractivity contribution is -0.384. The first-order chi connectivity index (χ1) is 14.0. The Balaban J connectivity index is 1.86. The maximum Gasteiger partial charge on any atom is 0.293 e. The standard InChI is InChI=1S/C22H20N2O4S/c1-29-15-11-9-14(10-12-15)16-13-21(26)23(19-7-4-8-20(25)22(16)19)17-5-2-3-6-18(17)24(27)28/h2-3,5-6,9-12,16H,4,7-8,13H2,1H3. The number of thioether (sulfide) groups is 1. The van der Waals surface area contributed by atoms with E-state index in [1.807, 2.05) is 30.5 Å². The lowest BCUT2D eigenvalue weighted by Crippen LogP contribution is -2.40. The summed E-state index contributed by atoms with van der Waals surface area (Å²) in [6, 6.07) is 14.1. The molecular weight excluding hydrogens is 388 g/mol. The van der Waals surface area contributed by atoms with E-state index in [-0.39, 0.29) is 35.4 Å². The zero-order chi connectivity index (χ0) is 20.5. The fraction of sp³-hybridized carbons (Fsp3) is 0.273. The predicted molar refractivity (Wildman–Crippen MR) is 112 cm³/mol. The van der Waals surface area contributed by atoms with Gasteiger partial charge in [-0.1, -0.05) is 24.3 Å². The van der Waals surface area contributed by atoms with Gasteiger partial charge < -0.3 is 0 Å². The number of hydrogen-bond donors (Lipinski definition) is 0. The Labute approximate surface area is 172 Å². The van der Waals surface area contributed by atoms with Crippen molar-refractivity contribution in [2.24, 2.45) is 0 Å². The second-order valence-electron chi connectivity index (χ2n) is 7.14. The van der Waals surface area contributed by atoms with Crippen LogP contribution in [0.3, 0.4) is 0 Å². The molecule has 0 spiro atoms. The number of para-hydroxylation sites is 2. The third kappa shape index (κ3) is 3.46. The average molecular weight is 408 g/mol. The highest BCUT2D eigenvalue weighted by Crippen LogP contribution is 2.45. The summed E-state index contributed by atoms with van der Waals surface area (Å²) in [5.41, 5.74) is 2.28. The van der Waals surface area contributed by atoms with E-state index >= 15 is 0 Å². The van der Waals surface area contributed by atoms with Crippen LogP contribution >= 0.6 is 11.8 Å². The minimum absolute atomic E-state index is 0.0290. The molecule has 1 aliphatic carbocycles. The molecule has 7 heteroatoms. The van der Waals surface area contributed by atoms with Gasteiger partial charge in [-0.15, -0.1) is 11.8 Å². The molecule has 2 aromatic carbocycles. The van der Waals surface area contributed by atoms with Crippen LogP contribution in [-0.2, 0) is 9.59 Å². The number of benzene rings is 2. The van der Waals surface area contributed by atoms with Crippen molar-refractivity contribution in [1.29, 1.82) is 0 Å². The van der Waals surface area contributed by atoms with E-state index in [0.717, 1.165) is 10.5 Å². The van der Waals surface area contributed by atoms with Crippen LogP contribution in [0.2, 0.25) is 0 Å². The normalized spacial score (nSPS) is 19.3. The summed E-state index contributed by atoms with van der Waals surface area (Å²) in [7, 11) is 0. The number of Topliss-reactive ketones (excluding diaryl/α,β-unsaturated/α-hetero) is 1. The number of nitro groups is 1. The second kappa shape index (κ2) is 7.83. The van der Waals surface area contributed by atoms with Gasteiger partial charge in [0.05, 0.1) is 4.92 Å². The fourth-order valence-corrected chi connectivity index (χ4v) is 4.61. The van der Waals surface area contributed by atoms with Gasteiger partial charge in [-0.2, -0.15) is 0 Å². The molecule has 2 aromatic rings. The smallest absolute Gasteiger partial charge is 0.293 e. The van der Waals surface area contributed by atoms with Crippen LogP contribution in [0.5, 0.6) is 0 Å². The van der Waals surface area contributed by atoms with Gasteiger partial charge in [0.2, 0.25) is 5.91 Å². The molecule has 29 heavy (non-hydrogen) atoms. The zero-order valence-electron chi connectivity index (χ0n) is 16.0. The van der Waals surface area contributed by atoms with Gasteiger partial charge in [-0.3, -0.25) is 24.6 Å². The van der Waals surface area contributed by atoms with Crippen LogP contribution in [0, 0.1) is 10.1 Å². The van der Waals surface area contributed by atoms with E-state index in [1.54, 1.807) is 30.0 Å². The van der Waals surface area contributed by atoms with Crippen molar-refractivity contribution < 1.29 is 14.5 Å². The topological polar surface area (TPSA) is 80.5 Å². The SMILES string of the molecule is CSc1ccc(C2CC(=O)N(c3ccccc3[N+](=O)[O-])C3=C2C(=O)CCC3)cc1. The molecule has 0 bridgehead atoms. The van der Waals surface area contributed by atoms with Crippen LogP contribution in [0.15, 0.2) is 64.7 Å². The largest absolute Gasteiger partial charge is 0.294 e. The Bertz CT molecular complexity index is 1030. The third-order valence-corrected chi connectivity index (χ3v) is 6.26. The third-order valence-electron chi connectivity index (χ3n) is 5.51. The van der Waals surface area contributed by atoms with Gasteiger partial charge in [0.25, 0.3) is 5.69 Å². The molecular formula is C22H20N2O4S. The van der Waals surface area contributed by atoms with Gasteiger partial charge in [0.15, 0.2) is 5.78 Å². The number of carbonyl (C=O) groups excluding carboxylic acids is 2. The summed E-state index contributed by atoms with van der Waals surface area (Å²) in [6.07, 6.45) is 3.75. The van der Waals surface area contributed by atoms with Crippen LogP contribution in [0.4, 0.5) is 11.4 Å². The van der Waals surface area contributed by atoms with E-state index in [1.165, 1.54) is 11.0 Å². The lowest BCUT2D eigenvalue weighted by atomic mass is 9.77. The minimum atomic E-state index is -0.485. The van der Waals surface area contributed by atoms with E-state index in [4.69, 9.17) is 0 Å². The first-order valence-corrected chi connectivity index (χ1v) is 10.7. The molecule has 148 valence electrons. The predicted octanol–water partition coefficient (Wildman–Crippen LogP) is 4.84.